The second-order valence-electron chi connectivity index (χ2n) is 6.04. The SMILES string of the molecule is COc1ccc(CN(CC(=O)Nc2cccc(Cl)c2)C2CC2)cc1. The Balaban J connectivity index is 1.60. The Morgan fingerprint density at radius 1 is 1.25 bits per heavy atom. The first-order valence-electron chi connectivity index (χ1n) is 8.06. The number of anilines is 1. The molecule has 2 aromatic carbocycles. The van der Waals surface area contributed by atoms with Gasteiger partial charge in [-0.2, -0.15) is 0 Å². The summed E-state index contributed by atoms with van der Waals surface area (Å²) in [6.07, 6.45) is 2.31. The van der Waals surface area contributed by atoms with Gasteiger partial charge in [-0.15, -0.1) is 0 Å². The van der Waals surface area contributed by atoms with Crippen LogP contribution >= 0.6 is 11.6 Å². The van der Waals surface area contributed by atoms with Crippen molar-refractivity contribution in [3.63, 3.8) is 0 Å². The molecule has 1 aliphatic carbocycles. The van der Waals surface area contributed by atoms with E-state index >= 15 is 0 Å². The first kappa shape index (κ1) is 16.8. The van der Waals surface area contributed by atoms with Crippen molar-refractivity contribution in [1.29, 1.82) is 0 Å². The number of rotatable bonds is 7. The average Bonchev–Trinajstić information content (AvgIpc) is 3.40. The molecule has 1 N–H and O–H groups in total. The molecular weight excluding hydrogens is 324 g/mol. The van der Waals surface area contributed by atoms with Gasteiger partial charge >= 0.3 is 0 Å². The van der Waals surface area contributed by atoms with Crippen LogP contribution < -0.4 is 10.1 Å². The number of nitrogens with one attached hydrogen (secondary N) is 1. The Kier molecular flexibility index (Phi) is 5.38. The minimum absolute atomic E-state index is 0.0160. The number of nitrogens with zero attached hydrogens (tertiary/aromatic N) is 1. The van der Waals surface area contributed by atoms with Gasteiger partial charge in [0.1, 0.15) is 5.75 Å². The smallest absolute Gasteiger partial charge is 0.238 e. The second-order valence-corrected chi connectivity index (χ2v) is 6.48. The van der Waals surface area contributed by atoms with Gasteiger partial charge in [0.25, 0.3) is 0 Å². The fraction of sp³-hybridized carbons (Fsp3) is 0.316. The molecular formula is C19H21ClN2O2. The number of benzene rings is 2. The monoisotopic (exact) mass is 344 g/mol. The Bertz CT molecular complexity index is 699. The van der Waals surface area contributed by atoms with Crippen LogP contribution in [0.2, 0.25) is 5.02 Å². The molecule has 1 amide bonds. The van der Waals surface area contributed by atoms with Crippen molar-refractivity contribution in [2.75, 3.05) is 19.0 Å². The van der Waals surface area contributed by atoms with Crippen molar-refractivity contribution in [1.82, 2.24) is 4.90 Å². The first-order chi connectivity index (χ1) is 11.6. The minimum Gasteiger partial charge on any atom is -0.497 e. The summed E-state index contributed by atoms with van der Waals surface area (Å²) in [5.41, 5.74) is 1.91. The van der Waals surface area contributed by atoms with Gasteiger partial charge in [0.15, 0.2) is 0 Å². The van der Waals surface area contributed by atoms with E-state index in [1.165, 1.54) is 5.56 Å². The second kappa shape index (κ2) is 7.69. The van der Waals surface area contributed by atoms with Gasteiger partial charge in [0.2, 0.25) is 5.91 Å². The minimum atomic E-state index is -0.0160. The molecule has 0 bridgehead atoms. The fourth-order valence-corrected chi connectivity index (χ4v) is 2.86. The van der Waals surface area contributed by atoms with Gasteiger partial charge in [-0.1, -0.05) is 29.8 Å². The van der Waals surface area contributed by atoms with E-state index in [9.17, 15) is 4.79 Å². The van der Waals surface area contributed by atoms with E-state index in [2.05, 4.69) is 10.2 Å². The molecule has 24 heavy (non-hydrogen) atoms. The first-order valence-corrected chi connectivity index (χ1v) is 8.44. The van der Waals surface area contributed by atoms with Gasteiger partial charge in [-0.25, -0.2) is 0 Å². The number of halogens is 1. The van der Waals surface area contributed by atoms with Crippen LogP contribution in [0.5, 0.6) is 5.75 Å². The third-order valence-corrected chi connectivity index (χ3v) is 4.30. The lowest BCUT2D eigenvalue weighted by molar-refractivity contribution is -0.117. The van der Waals surface area contributed by atoms with Crippen LogP contribution in [0.1, 0.15) is 18.4 Å². The predicted octanol–water partition coefficient (Wildman–Crippen LogP) is 3.95. The standard InChI is InChI=1S/C19H21ClN2O2/c1-24-18-9-5-14(6-10-18)12-22(17-7-8-17)13-19(23)21-16-4-2-3-15(20)11-16/h2-6,9-11,17H,7-8,12-13H2,1H3,(H,21,23). The molecule has 1 aliphatic rings. The van der Waals surface area contributed by atoms with Crippen LogP contribution in [0.3, 0.4) is 0 Å². The highest BCUT2D eigenvalue weighted by atomic mass is 35.5. The third-order valence-electron chi connectivity index (χ3n) is 4.06. The molecule has 1 saturated carbocycles. The van der Waals surface area contributed by atoms with Crippen molar-refractivity contribution in [3.05, 3.63) is 59.1 Å². The van der Waals surface area contributed by atoms with E-state index in [0.29, 0.717) is 17.6 Å². The normalized spacial score (nSPS) is 13.8. The molecule has 0 saturated heterocycles. The van der Waals surface area contributed by atoms with Crippen molar-refractivity contribution in [3.8, 4) is 5.75 Å². The molecule has 0 spiro atoms. The van der Waals surface area contributed by atoms with Crippen LogP contribution in [0.15, 0.2) is 48.5 Å². The summed E-state index contributed by atoms with van der Waals surface area (Å²) >= 11 is 5.95. The fourth-order valence-electron chi connectivity index (χ4n) is 2.67. The van der Waals surface area contributed by atoms with E-state index in [1.807, 2.05) is 36.4 Å². The highest BCUT2D eigenvalue weighted by molar-refractivity contribution is 6.30. The number of hydrogen-bond acceptors (Lipinski definition) is 3. The number of ether oxygens (including phenoxy) is 1. The molecule has 0 atom stereocenters. The number of amides is 1. The molecule has 0 unspecified atom stereocenters. The summed E-state index contributed by atoms with van der Waals surface area (Å²) in [7, 11) is 1.66. The summed E-state index contributed by atoms with van der Waals surface area (Å²) < 4.78 is 5.19. The predicted molar refractivity (Wildman–Crippen MR) is 96.5 cm³/mol. The lowest BCUT2D eigenvalue weighted by Gasteiger charge is -2.21. The summed E-state index contributed by atoms with van der Waals surface area (Å²) in [6, 6.07) is 15.7. The van der Waals surface area contributed by atoms with Crippen molar-refractivity contribution >= 4 is 23.2 Å². The summed E-state index contributed by atoms with van der Waals surface area (Å²) in [5.74, 6) is 0.827. The van der Waals surface area contributed by atoms with E-state index < -0.39 is 0 Å². The highest BCUT2D eigenvalue weighted by Crippen LogP contribution is 2.28. The zero-order valence-electron chi connectivity index (χ0n) is 13.7. The highest BCUT2D eigenvalue weighted by Gasteiger charge is 2.30. The van der Waals surface area contributed by atoms with E-state index in [-0.39, 0.29) is 5.91 Å². The largest absolute Gasteiger partial charge is 0.497 e. The molecule has 5 heteroatoms. The molecule has 0 heterocycles. The molecule has 4 nitrogen and oxygen atoms in total. The zero-order valence-corrected chi connectivity index (χ0v) is 14.4. The third kappa shape index (κ3) is 4.73. The van der Waals surface area contributed by atoms with Crippen molar-refractivity contribution in [2.24, 2.45) is 0 Å². The average molecular weight is 345 g/mol. The molecule has 0 aliphatic heterocycles. The maximum Gasteiger partial charge on any atom is 0.238 e. The summed E-state index contributed by atoms with van der Waals surface area (Å²) in [5, 5.41) is 3.53. The molecule has 1 fully saturated rings. The number of carbonyl (C=O) groups is 1. The van der Waals surface area contributed by atoms with Crippen LogP contribution in [0.25, 0.3) is 0 Å². The Hall–Kier alpha value is -2.04. The topological polar surface area (TPSA) is 41.6 Å². The maximum atomic E-state index is 12.3. The Morgan fingerprint density at radius 3 is 2.62 bits per heavy atom. The van der Waals surface area contributed by atoms with Crippen LogP contribution in [-0.4, -0.2) is 30.5 Å². The molecule has 2 aromatic rings. The van der Waals surface area contributed by atoms with Gasteiger partial charge in [0, 0.05) is 23.3 Å². The lowest BCUT2D eigenvalue weighted by atomic mass is 10.2. The zero-order chi connectivity index (χ0) is 16.9. The van der Waals surface area contributed by atoms with E-state index in [4.69, 9.17) is 16.3 Å². The van der Waals surface area contributed by atoms with Crippen LogP contribution in [0, 0.1) is 0 Å². The lowest BCUT2D eigenvalue weighted by Crippen LogP contribution is -2.34. The molecule has 126 valence electrons. The summed E-state index contributed by atoms with van der Waals surface area (Å²) in [6.45, 7) is 1.14. The molecule has 0 radical (unpaired) electrons. The van der Waals surface area contributed by atoms with Crippen LogP contribution in [0.4, 0.5) is 5.69 Å². The maximum absolute atomic E-state index is 12.3. The van der Waals surface area contributed by atoms with Gasteiger partial charge < -0.3 is 10.1 Å². The molecule has 0 aromatic heterocycles. The molecule has 3 rings (SSSR count). The van der Waals surface area contributed by atoms with Gasteiger partial charge in [-0.05, 0) is 48.7 Å². The van der Waals surface area contributed by atoms with Crippen LogP contribution in [-0.2, 0) is 11.3 Å². The van der Waals surface area contributed by atoms with E-state index in [1.54, 1.807) is 19.2 Å². The summed E-state index contributed by atoms with van der Waals surface area (Å²) in [4.78, 5) is 14.6. The van der Waals surface area contributed by atoms with Crippen molar-refractivity contribution < 1.29 is 9.53 Å². The quantitative estimate of drug-likeness (QED) is 0.826. The number of methoxy groups -OCH3 is 1. The number of hydrogen-bond donors (Lipinski definition) is 1. The van der Waals surface area contributed by atoms with Crippen molar-refractivity contribution in [2.45, 2.75) is 25.4 Å². The van der Waals surface area contributed by atoms with Gasteiger partial charge in [0.05, 0.1) is 13.7 Å². The van der Waals surface area contributed by atoms with E-state index in [0.717, 1.165) is 30.8 Å². The Labute approximate surface area is 147 Å². The van der Waals surface area contributed by atoms with Gasteiger partial charge in [-0.3, -0.25) is 9.69 Å². The number of carbonyl (C=O) groups excluding carboxylic acids is 1. The Morgan fingerprint density at radius 2 is 2.00 bits per heavy atom.